The van der Waals surface area contributed by atoms with Crippen molar-refractivity contribution in [3.63, 3.8) is 0 Å². The molecule has 3 nitrogen and oxygen atoms in total. The van der Waals surface area contributed by atoms with E-state index in [1.807, 2.05) is 6.07 Å². The molecule has 15 heavy (non-hydrogen) atoms. The lowest BCUT2D eigenvalue weighted by atomic mass is 10.2. The zero-order chi connectivity index (χ0) is 10.8. The first-order valence-electron chi connectivity index (χ1n) is 4.84. The van der Waals surface area contributed by atoms with Gasteiger partial charge in [-0.2, -0.15) is 0 Å². The first kappa shape index (κ1) is 11.0. The Hall–Kier alpha value is -0.510. The van der Waals surface area contributed by atoms with E-state index >= 15 is 0 Å². The van der Waals surface area contributed by atoms with Gasteiger partial charge in [0.2, 0.25) is 0 Å². The number of rotatable bonds is 1. The first-order chi connectivity index (χ1) is 7.16. The third-order valence-electron chi connectivity index (χ3n) is 2.41. The van der Waals surface area contributed by atoms with Crippen molar-refractivity contribution in [1.82, 2.24) is 4.98 Å². The predicted molar refractivity (Wildman–Crippen MR) is 61.9 cm³/mol. The Morgan fingerprint density at radius 1 is 1.47 bits per heavy atom. The smallest absolute Gasteiger partial charge is 0.132 e. The fourth-order valence-electron chi connectivity index (χ4n) is 1.67. The average Bonchev–Trinajstić information content (AvgIpc) is 2.16. The lowest BCUT2D eigenvalue weighted by Gasteiger charge is -2.34. The van der Waals surface area contributed by atoms with E-state index in [9.17, 15) is 0 Å². The molecule has 0 bridgehead atoms. The second kappa shape index (κ2) is 4.56. The highest BCUT2D eigenvalue weighted by atomic mass is 35.5. The minimum atomic E-state index is 0.306. The number of hydrogen-bond donors (Lipinski definition) is 0. The summed E-state index contributed by atoms with van der Waals surface area (Å²) in [6.45, 7) is 4.35. The largest absolute Gasteiger partial charge is 0.377 e. The van der Waals surface area contributed by atoms with Crippen LogP contribution in [0.5, 0.6) is 0 Å². The summed E-state index contributed by atoms with van der Waals surface area (Å²) < 4.78 is 5.36. The molecule has 0 aromatic carbocycles. The van der Waals surface area contributed by atoms with E-state index in [4.69, 9.17) is 27.9 Å². The van der Waals surface area contributed by atoms with Crippen molar-refractivity contribution in [2.24, 2.45) is 0 Å². The molecule has 0 radical (unpaired) electrons. The Kier molecular flexibility index (Phi) is 3.34. The topological polar surface area (TPSA) is 25.4 Å². The van der Waals surface area contributed by atoms with Crippen LogP contribution < -0.4 is 4.90 Å². The molecule has 2 heterocycles. The van der Waals surface area contributed by atoms with Crippen LogP contribution in [0.1, 0.15) is 6.92 Å². The normalized spacial score (nSPS) is 21.8. The number of ether oxygens (including phenoxy) is 1. The number of halogens is 2. The summed E-state index contributed by atoms with van der Waals surface area (Å²) in [6, 6.07) is 3.77. The van der Waals surface area contributed by atoms with Gasteiger partial charge in [0.1, 0.15) is 11.0 Å². The highest BCUT2D eigenvalue weighted by molar-refractivity contribution is 6.34. The molecule has 0 amide bonds. The summed E-state index contributed by atoms with van der Waals surface area (Å²) in [5.74, 6) is 0.823. The molecule has 1 fully saturated rings. The molecule has 82 valence electrons. The number of morpholine rings is 1. The highest BCUT2D eigenvalue weighted by Crippen LogP contribution is 2.24. The van der Waals surface area contributed by atoms with Gasteiger partial charge >= 0.3 is 0 Å². The van der Waals surface area contributed by atoms with Gasteiger partial charge < -0.3 is 9.64 Å². The van der Waals surface area contributed by atoms with Gasteiger partial charge in [0.15, 0.2) is 0 Å². The fraction of sp³-hybridized carbons (Fsp3) is 0.500. The van der Waals surface area contributed by atoms with Crippen molar-refractivity contribution < 1.29 is 4.74 Å². The first-order valence-corrected chi connectivity index (χ1v) is 5.60. The van der Waals surface area contributed by atoms with Crippen molar-refractivity contribution in [3.05, 3.63) is 22.3 Å². The predicted octanol–water partition coefficient (Wildman–Crippen LogP) is 2.61. The van der Waals surface area contributed by atoms with Gasteiger partial charge in [-0.15, -0.1) is 0 Å². The summed E-state index contributed by atoms with van der Waals surface area (Å²) in [4.78, 5) is 6.41. The van der Waals surface area contributed by atoms with Crippen LogP contribution >= 0.6 is 23.2 Å². The molecule has 0 spiro atoms. The molecule has 0 aliphatic carbocycles. The maximum atomic E-state index is 5.93. The SMILES string of the molecule is CC1COCCN1c1cc(Cl)cc(Cl)n1. The van der Waals surface area contributed by atoms with Crippen LogP contribution in [-0.2, 0) is 4.74 Å². The van der Waals surface area contributed by atoms with Crippen LogP contribution in [0.15, 0.2) is 12.1 Å². The number of hydrogen-bond acceptors (Lipinski definition) is 3. The van der Waals surface area contributed by atoms with Gasteiger partial charge in [-0.25, -0.2) is 4.98 Å². The molecule has 1 aromatic heterocycles. The van der Waals surface area contributed by atoms with Crippen LogP contribution in [0, 0.1) is 0 Å². The molecule has 1 atom stereocenters. The fourth-order valence-corrected chi connectivity index (χ4v) is 2.13. The van der Waals surface area contributed by atoms with E-state index in [0.29, 0.717) is 22.8 Å². The molecule has 1 unspecified atom stereocenters. The summed E-state index contributed by atoms with van der Waals surface area (Å²) in [5, 5.41) is 1.04. The van der Waals surface area contributed by atoms with Gasteiger partial charge in [-0.05, 0) is 19.1 Å². The van der Waals surface area contributed by atoms with Gasteiger partial charge in [0, 0.05) is 11.6 Å². The van der Waals surface area contributed by atoms with E-state index in [-0.39, 0.29) is 0 Å². The Morgan fingerprint density at radius 3 is 2.93 bits per heavy atom. The molecule has 0 saturated carbocycles. The molecule has 0 N–H and O–H groups in total. The Balaban J connectivity index is 2.27. The van der Waals surface area contributed by atoms with Crippen LogP contribution in [0.2, 0.25) is 10.2 Å². The highest BCUT2D eigenvalue weighted by Gasteiger charge is 2.20. The summed E-state index contributed by atoms with van der Waals surface area (Å²) >= 11 is 11.8. The molecule has 1 aliphatic rings. The van der Waals surface area contributed by atoms with E-state index in [1.165, 1.54) is 0 Å². The molecule has 2 rings (SSSR count). The second-order valence-electron chi connectivity index (χ2n) is 3.58. The summed E-state index contributed by atoms with van der Waals surface area (Å²) in [7, 11) is 0. The minimum absolute atomic E-state index is 0.306. The summed E-state index contributed by atoms with van der Waals surface area (Å²) in [5.41, 5.74) is 0. The lowest BCUT2D eigenvalue weighted by Crippen LogP contribution is -2.44. The van der Waals surface area contributed by atoms with Gasteiger partial charge in [-0.3, -0.25) is 0 Å². The van der Waals surface area contributed by atoms with Crippen LogP contribution in [-0.4, -0.2) is 30.8 Å². The molecule has 1 saturated heterocycles. The second-order valence-corrected chi connectivity index (χ2v) is 4.41. The molecule has 1 aliphatic heterocycles. The van der Waals surface area contributed by atoms with Gasteiger partial charge in [-0.1, -0.05) is 23.2 Å². The molecule has 1 aromatic rings. The Bertz CT molecular complexity index is 339. The number of pyridine rings is 1. The summed E-state index contributed by atoms with van der Waals surface area (Å²) in [6.07, 6.45) is 0. The number of nitrogens with zero attached hydrogens (tertiary/aromatic N) is 2. The lowest BCUT2D eigenvalue weighted by molar-refractivity contribution is 0.0985. The maximum absolute atomic E-state index is 5.93. The van der Waals surface area contributed by atoms with E-state index in [0.717, 1.165) is 19.0 Å². The molecular weight excluding hydrogens is 235 g/mol. The van der Waals surface area contributed by atoms with Crippen LogP contribution in [0.25, 0.3) is 0 Å². The quantitative estimate of drug-likeness (QED) is 0.713. The molecule has 5 heteroatoms. The maximum Gasteiger partial charge on any atom is 0.132 e. The number of anilines is 1. The average molecular weight is 247 g/mol. The van der Waals surface area contributed by atoms with Crippen molar-refractivity contribution in [1.29, 1.82) is 0 Å². The van der Waals surface area contributed by atoms with Crippen molar-refractivity contribution in [2.45, 2.75) is 13.0 Å². The van der Waals surface area contributed by atoms with Gasteiger partial charge in [0.25, 0.3) is 0 Å². The minimum Gasteiger partial charge on any atom is -0.377 e. The zero-order valence-corrected chi connectivity index (χ0v) is 9.92. The van der Waals surface area contributed by atoms with E-state index in [2.05, 4.69) is 16.8 Å². The van der Waals surface area contributed by atoms with E-state index in [1.54, 1.807) is 6.07 Å². The van der Waals surface area contributed by atoms with Crippen molar-refractivity contribution in [2.75, 3.05) is 24.7 Å². The third-order valence-corrected chi connectivity index (χ3v) is 2.82. The zero-order valence-electron chi connectivity index (χ0n) is 8.41. The third kappa shape index (κ3) is 2.54. The van der Waals surface area contributed by atoms with Crippen LogP contribution in [0.3, 0.4) is 0 Å². The Morgan fingerprint density at radius 2 is 2.27 bits per heavy atom. The Labute approximate surface area is 98.9 Å². The van der Waals surface area contributed by atoms with Gasteiger partial charge in [0.05, 0.1) is 19.3 Å². The number of aromatic nitrogens is 1. The van der Waals surface area contributed by atoms with E-state index < -0.39 is 0 Å². The van der Waals surface area contributed by atoms with Crippen molar-refractivity contribution in [3.8, 4) is 0 Å². The van der Waals surface area contributed by atoms with Crippen LogP contribution in [0.4, 0.5) is 5.82 Å². The standard InChI is InChI=1S/C10H12Cl2N2O/c1-7-6-15-3-2-14(7)10-5-8(11)4-9(12)13-10/h4-5,7H,2-3,6H2,1H3. The van der Waals surface area contributed by atoms with Crippen molar-refractivity contribution >= 4 is 29.0 Å². The monoisotopic (exact) mass is 246 g/mol. The molecular formula is C10H12Cl2N2O.